The Morgan fingerprint density at radius 3 is 2.65 bits per heavy atom. The van der Waals surface area contributed by atoms with Gasteiger partial charge in [0.1, 0.15) is 11.6 Å². The Morgan fingerprint density at radius 2 is 1.88 bits per heavy atom. The van der Waals surface area contributed by atoms with E-state index < -0.39 is 5.97 Å². The number of benzene rings is 2. The summed E-state index contributed by atoms with van der Waals surface area (Å²) in [5, 5.41) is 4.23. The highest BCUT2D eigenvalue weighted by molar-refractivity contribution is 6.31. The van der Waals surface area contributed by atoms with Gasteiger partial charge in [0.25, 0.3) is 5.89 Å². The summed E-state index contributed by atoms with van der Waals surface area (Å²) in [6, 6.07) is 12.6. The topological polar surface area (TPSA) is 74.5 Å². The maximum atomic E-state index is 12.8. The molecule has 0 saturated heterocycles. The van der Waals surface area contributed by atoms with E-state index in [1.807, 2.05) is 0 Å². The molecule has 0 amide bonds. The van der Waals surface area contributed by atoms with Gasteiger partial charge in [-0.25, -0.2) is 4.39 Å². The third kappa shape index (κ3) is 5.03. The molecule has 0 atom stereocenters. The van der Waals surface area contributed by atoms with E-state index >= 15 is 0 Å². The average molecular weight is 377 g/mol. The third-order valence-corrected chi connectivity index (χ3v) is 3.71. The molecule has 3 rings (SSSR count). The molecule has 0 aliphatic rings. The van der Waals surface area contributed by atoms with Crippen molar-refractivity contribution in [2.24, 2.45) is 0 Å². The Bertz CT molecular complexity index is 883. The highest BCUT2D eigenvalue weighted by Gasteiger charge is 2.12. The van der Waals surface area contributed by atoms with Crippen LogP contribution in [-0.2, 0) is 29.2 Å². The lowest BCUT2D eigenvalue weighted by atomic mass is 10.1. The van der Waals surface area contributed by atoms with Crippen molar-refractivity contribution in [3.63, 3.8) is 0 Å². The van der Waals surface area contributed by atoms with Crippen molar-refractivity contribution in [3.8, 4) is 5.75 Å². The predicted molar refractivity (Wildman–Crippen MR) is 90.0 cm³/mol. The molecular weight excluding hydrogens is 363 g/mol. The van der Waals surface area contributed by atoms with Crippen LogP contribution in [0.15, 0.2) is 53.1 Å². The minimum Gasteiger partial charge on any atom is -0.485 e. The van der Waals surface area contributed by atoms with Gasteiger partial charge in [-0.05, 0) is 35.9 Å². The smallest absolute Gasteiger partial charge is 0.310 e. The first-order valence-electron chi connectivity index (χ1n) is 7.69. The number of aromatic nitrogens is 2. The van der Waals surface area contributed by atoms with Crippen LogP contribution in [0.25, 0.3) is 0 Å². The van der Waals surface area contributed by atoms with E-state index in [9.17, 15) is 9.18 Å². The molecule has 3 aromatic rings. The molecule has 0 spiro atoms. The van der Waals surface area contributed by atoms with Gasteiger partial charge < -0.3 is 14.0 Å². The minimum absolute atomic E-state index is 0.0443. The van der Waals surface area contributed by atoms with E-state index in [4.69, 9.17) is 25.6 Å². The number of carbonyl (C=O) groups excluding carboxylic acids is 1. The van der Waals surface area contributed by atoms with Gasteiger partial charge in [0.2, 0.25) is 5.82 Å². The molecule has 1 aromatic heterocycles. The normalized spacial score (nSPS) is 10.5. The second-order valence-corrected chi connectivity index (χ2v) is 5.68. The largest absolute Gasteiger partial charge is 0.485 e. The molecule has 0 aliphatic heterocycles. The van der Waals surface area contributed by atoms with E-state index in [1.54, 1.807) is 24.3 Å². The van der Waals surface area contributed by atoms with E-state index in [0.29, 0.717) is 16.3 Å². The van der Waals surface area contributed by atoms with Gasteiger partial charge in [-0.3, -0.25) is 4.79 Å². The van der Waals surface area contributed by atoms with Gasteiger partial charge in [-0.1, -0.05) is 35.0 Å². The van der Waals surface area contributed by atoms with Crippen molar-refractivity contribution in [1.29, 1.82) is 0 Å². The second kappa shape index (κ2) is 8.44. The SMILES string of the molecule is O=C(Cc1ccccc1Cl)OCc1nc(COc2ccc(F)cc2)no1. The summed E-state index contributed by atoms with van der Waals surface area (Å²) in [5.41, 5.74) is 0.679. The molecule has 0 saturated carbocycles. The van der Waals surface area contributed by atoms with Gasteiger partial charge in [0, 0.05) is 5.02 Å². The fraction of sp³-hybridized carbons (Fsp3) is 0.167. The monoisotopic (exact) mass is 376 g/mol. The average Bonchev–Trinajstić information content (AvgIpc) is 3.09. The standard InChI is InChI=1S/C18H14ClFN2O4/c19-15-4-2-1-3-12(15)9-18(23)25-11-17-21-16(22-26-17)10-24-14-7-5-13(20)6-8-14/h1-8H,9-11H2. The molecule has 2 aromatic carbocycles. The van der Waals surface area contributed by atoms with E-state index in [2.05, 4.69) is 10.1 Å². The van der Waals surface area contributed by atoms with Crippen LogP contribution in [0.3, 0.4) is 0 Å². The van der Waals surface area contributed by atoms with Gasteiger partial charge in [0.05, 0.1) is 6.42 Å². The lowest BCUT2D eigenvalue weighted by Gasteiger charge is -2.04. The molecule has 26 heavy (non-hydrogen) atoms. The second-order valence-electron chi connectivity index (χ2n) is 5.28. The first kappa shape index (κ1) is 17.9. The van der Waals surface area contributed by atoms with Crippen LogP contribution in [0.2, 0.25) is 5.02 Å². The Morgan fingerprint density at radius 1 is 1.12 bits per heavy atom. The summed E-state index contributed by atoms with van der Waals surface area (Å²) in [6.07, 6.45) is 0.0499. The Kier molecular flexibility index (Phi) is 5.80. The summed E-state index contributed by atoms with van der Waals surface area (Å²) in [7, 11) is 0. The number of hydrogen-bond donors (Lipinski definition) is 0. The summed E-state index contributed by atoms with van der Waals surface area (Å²) in [4.78, 5) is 15.9. The lowest BCUT2D eigenvalue weighted by Crippen LogP contribution is -2.08. The van der Waals surface area contributed by atoms with Crippen molar-refractivity contribution in [2.75, 3.05) is 0 Å². The summed E-state index contributed by atoms with van der Waals surface area (Å²) >= 11 is 6.00. The number of halogens is 2. The number of carbonyl (C=O) groups is 1. The molecule has 1 heterocycles. The zero-order valence-corrected chi connectivity index (χ0v) is 14.3. The van der Waals surface area contributed by atoms with Crippen LogP contribution in [0.5, 0.6) is 5.75 Å². The molecule has 0 N–H and O–H groups in total. The van der Waals surface area contributed by atoms with E-state index in [1.165, 1.54) is 24.3 Å². The Hall–Kier alpha value is -2.93. The first-order chi connectivity index (χ1) is 12.6. The minimum atomic E-state index is -0.458. The van der Waals surface area contributed by atoms with Gasteiger partial charge >= 0.3 is 5.97 Å². The van der Waals surface area contributed by atoms with Crippen LogP contribution in [0.4, 0.5) is 4.39 Å². The van der Waals surface area contributed by atoms with Crippen molar-refractivity contribution in [3.05, 3.63) is 76.6 Å². The summed E-state index contributed by atoms with van der Waals surface area (Å²) < 4.78 is 28.3. The Labute approximate surface area is 153 Å². The number of hydrogen-bond acceptors (Lipinski definition) is 6. The maximum Gasteiger partial charge on any atom is 0.310 e. The van der Waals surface area contributed by atoms with Crippen molar-refractivity contribution < 1.29 is 23.2 Å². The highest BCUT2D eigenvalue weighted by atomic mass is 35.5. The van der Waals surface area contributed by atoms with Crippen LogP contribution in [-0.4, -0.2) is 16.1 Å². The van der Waals surface area contributed by atoms with Crippen molar-refractivity contribution in [2.45, 2.75) is 19.6 Å². The summed E-state index contributed by atoms with van der Waals surface area (Å²) in [5.74, 6) is 0.101. The van der Waals surface area contributed by atoms with Crippen LogP contribution in [0, 0.1) is 5.82 Å². The number of esters is 1. The summed E-state index contributed by atoms with van der Waals surface area (Å²) in [6.45, 7) is -0.102. The van der Waals surface area contributed by atoms with Gasteiger partial charge in [-0.15, -0.1) is 0 Å². The fourth-order valence-corrected chi connectivity index (χ4v) is 2.28. The third-order valence-electron chi connectivity index (χ3n) is 3.34. The predicted octanol–water partition coefficient (Wildman–Crippen LogP) is 3.73. The van der Waals surface area contributed by atoms with Crippen molar-refractivity contribution >= 4 is 17.6 Å². The zero-order chi connectivity index (χ0) is 18.4. The van der Waals surface area contributed by atoms with Crippen molar-refractivity contribution in [1.82, 2.24) is 10.1 Å². The molecular formula is C18H14ClFN2O4. The van der Waals surface area contributed by atoms with Gasteiger partial charge in [-0.2, -0.15) is 4.98 Å². The van der Waals surface area contributed by atoms with Crippen LogP contribution >= 0.6 is 11.6 Å². The molecule has 0 aliphatic carbocycles. The molecule has 0 bridgehead atoms. The van der Waals surface area contributed by atoms with Crippen LogP contribution in [0.1, 0.15) is 17.3 Å². The number of nitrogens with zero attached hydrogens (tertiary/aromatic N) is 2. The fourth-order valence-electron chi connectivity index (χ4n) is 2.08. The number of ether oxygens (including phenoxy) is 2. The molecule has 0 fully saturated rings. The molecule has 134 valence electrons. The van der Waals surface area contributed by atoms with E-state index in [-0.39, 0.29) is 37.2 Å². The zero-order valence-electron chi connectivity index (χ0n) is 13.5. The van der Waals surface area contributed by atoms with E-state index in [0.717, 1.165) is 0 Å². The van der Waals surface area contributed by atoms with Crippen LogP contribution < -0.4 is 4.74 Å². The quantitative estimate of drug-likeness (QED) is 0.585. The highest BCUT2D eigenvalue weighted by Crippen LogP contribution is 2.16. The lowest BCUT2D eigenvalue weighted by molar-refractivity contribution is -0.144. The molecule has 8 heteroatoms. The molecule has 0 radical (unpaired) electrons. The molecule has 6 nitrogen and oxygen atoms in total. The van der Waals surface area contributed by atoms with Gasteiger partial charge in [0.15, 0.2) is 13.2 Å². The first-order valence-corrected chi connectivity index (χ1v) is 8.07. The number of rotatable bonds is 7. The molecule has 0 unspecified atom stereocenters. The maximum absolute atomic E-state index is 12.8. The Balaban J connectivity index is 1.46.